The minimum Gasteiger partial charge on any atom is -0.311 e. The molecule has 3 atom stereocenters. The first-order chi connectivity index (χ1) is 7.14. The van der Waals surface area contributed by atoms with Gasteiger partial charge in [-0.25, -0.2) is 0 Å². The predicted molar refractivity (Wildman–Crippen MR) is 69.5 cm³/mol. The van der Waals surface area contributed by atoms with Gasteiger partial charge in [-0.1, -0.05) is 13.8 Å². The van der Waals surface area contributed by atoms with Crippen LogP contribution in [0.4, 0.5) is 0 Å². The molecular formula is C13H25NS. The van der Waals surface area contributed by atoms with Gasteiger partial charge in [0, 0.05) is 17.3 Å². The molecule has 2 saturated carbocycles. The third-order valence-electron chi connectivity index (χ3n) is 4.36. The second-order valence-electron chi connectivity index (χ2n) is 5.63. The van der Waals surface area contributed by atoms with Crippen molar-refractivity contribution in [1.29, 1.82) is 0 Å². The van der Waals surface area contributed by atoms with E-state index in [1.165, 1.54) is 37.9 Å². The van der Waals surface area contributed by atoms with Gasteiger partial charge in [-0.2, -0.15) is 11.8 Å². The molecule has 2 rings (SSSR count). The fourth-order valence-electron chi connectivity index (χ4n) is 2.66. The average Bonchev–Trinajstić information content (AvgIpc) is 2.79. The summed E-state index contributed by atoms with van der Waals surface area (Å²) in [5.41, 5.74) is 0.635. The molecule has 0 aromatic heterocycles. The summed E-state index contributed by atoms with van der Waals surface area (Å²) in [6.07, 6.45) is 7.10. The van der Waals surface area contributed by atoms with Crippen molar-refractivity contribution >= 4 is 11.8 Å². The van der Waals surface area contributed by atoms with E-state index in [-0.39, 0.29) is 0 Å². The Hall–Kier alpha value is 0.310. The molecule has 2 heteroatoms. The standard InChI is InChI=1S/C13H25NS/c1-4-15-12-6-5-11(9-12)14-10(2)13(3)7-8-13/h10-12,14H,4-9H2,1-3H3. The molecule has 88 valence electrons. The quantitative estimate of drug-likeness (QED) is 0.772. The fraction of sp³-hybridized carbons (Fsp3) is 1.00. The number of hydrogen-bond acceptors (Lipinski definition) is 2. The highest BCUT2D eigenvalue weighted by atomic mass is 32.2. The van der Waals surface area contributed by atoms with Gasteiger partial charge in [-0.3, -0.25) is 0 Å². The first-order valence-electron chi connectivity index (χ1n) is 6.51. The van der Waals surface area contributed by atoms with Crippen molar-refractivity contribution in [2.75, 3.05) is 5.75 Å². The zero-order chi connectivity index (χ0) is 10.9. The molecule has 0 saturated heterocycles. The summed E-state index contributed by atoms with van der Waals surface area (Å²) >= 11 is 2.15. The van der Waals surface area contributed by atoms with Crippen LogP contribution in [-0.2, 0) is 0 Å². The van der Waals surface area contributed by atoms with Crippen LogP contribution in [0.25, 0.3) is 0 Å². The van der Waals surface area contributed by atoms with Crippen molar-refractivity contribution in [3.8, 4) is 0 Å². The van der Waals surface area contributed by atoms with E-state index in [0.717, 1.165) is 17.3 Å². The Balaban J connectivity index is 1.72. The molecule has 0 heterocycles. The molecule has 0 aromatic rings. The van der Waals surface area contributed by atoms with E-state index < -0.39 is 0 Å². The maximum Gasteiger partial charge on any atom is 0.00951 e. The molecule has 2 aliphatic rings. The number of nitrogens with one attached hydrogen (secondary N) is 1. The van der Waals surface area contributed by atoms with E-state index >= 15 is 0 Å². The van der Waals surface area contributed by atoms with Crippen molar-refractivity contribution in [3.05, 3.63) is 0 Å². The SMILES string of the molecule is CCSC1CCC(NC(C)C2(C)CC2)C1. The van der Waals surface area contributed by atoms with E-state index in [1.807, 2.05) is 0 Å². The monoisotopic (exact) mass is 227 g/mol. The molecule has 0 aromatic carbocycles. The van der Waals surface area contributed by atoms with Crippen LogP contribution >= 0.6 is 11.8 Å². The lowest BCUT2D eigenvalue weighted by Gasteiger charge is -2.24. The number of thioether (sulfide) groups is 1. The van der Waals surface area contributed by atoms with Gasteiger partial charge in [0.1, 0.15) is 0 Å². The summed E-state index contributed by atoms with van der Waals surface area (Å²) in [4.78, 5) is 0. The van der Waals surface area contributed by atoms with E-state index in [0.29, 0.717) is 5.41 Å². The topological polar surface area (TPSA) is 12.0 Å². The zero-order valence-corrected chi connectivity index (χ0v) is 11.2. The molecule has 0 aliphatic heterocycles. The normalized spacial score (nSPS) is 35.4. The van der Waals surface area contributed by atoms with Crippen LogP contribution in [0.1, 0.15) is 52.9 Å². The summed E-state index contributed by atoms with van der Waals surface area (Å²) in [5.74, 6) is 1.28. The molecule has 0 spiro atoms. The summed E-state index contributed by atoms with van der Waals surface area (Å²) in [6, 6.07) is 1.54. The van der Waals surface area contributed by atoms with Crippen LogP contribution in [0, 0.1) is 5.41 Å². The molecule has 2 fully saturated rings. The highest BCUT2D eigenvalue weighted by Gasteiger charge is 2.43. The van der Waals surface area contributed by atoms with Crippen molar-refractivity contribution in [1.82, 2.24) is 5.32 Å². The van der Waals surface area contributed by atoms with E-state index in [1.54, 1.807) is 0 Å². The Morgan fingerprint density at radius 3 is 2.73 bits per heavy atom. The highest BCUT2D eigenvalue weighted by Crippen LogP contribution is 2.48. The van der Waals surface area contributed by atoms with Gasteiger partial charge in [-0.15, -0.1) is 0 Å². The lowest BCUT2D eigenvalue weighted by atomic mass is 10.00. The first kappa shape index (κ1) is 11.8. The minimum atomic E-state index is 0.635. The van der Waals surface area contributed by atoms with Crippen molar-refractivity contribution in [2.45, 2.75) is 70.2 Å². The largest absolute Gasteiger partial charge is 0.311 e. The van der Waals surface area contributed by atoms with Crippen LogP contribution in [0.15, 0.2) is 0 Å². The zero-order valence-electron chi connectivity index (χ0n) is 10.4. The van der Waals surface area contributed by atoms with Gasteiger partial charge in [0.25, 0.3) is 0 Å². The molecule has 2 aliphatic carbocycles. The van der Waals surface area contributed by atoms with Gasteiger partial charge in [0.2, 0.25) is 0 Å². The van der Waals surface area contributed by atoms with Crippen LogP contribution in [0.3, 0.4) is 0 Å². The fourth-order valence-corrected chi connectivity index (χ4v) is 3.81. The van der Waals surface area contributed by atoms with Gasteiger partial charge in [-0.05, 0) is 50.2 Å². The Morgan fingerprint density at radius 1 is 1.40 bits per heavy atom. The van der Waals surface area contributed by atoms with Crippen LogP contribution in [0.2, 0.25) is 0 Å². The Labute approximate surface area is 98.8 Å². The minimum absolute atomic E-state index is 0.635. The Bertz CT molecular complexity index is 213. The summed E-state index contributed by atoms with van der Waals surface area (Å²) in [7, 11) is 0. The molecular weight excluding hydrogens is 202 g/mol. The van der Waals surface area contributed by atoms with Crippen LogP contribution < -0.4 is 5.32 Å². The van der Waals surface area contributed by atoms with Gasteiger partial charge >= 0.3 is 0 Å². The number of hydrogen-bond donors (Lipinski definition) is 1. The Kier molecular flexibility index (Phi) is 3.67. The maximum absolute atomic E-state index is 3.86. The van der Waals surface area contributed by atoms with Crippen molar-refractivity contribution in [3.63, 3.8) is 0 Å². The number of rotatable bonds is 5. The van der Waals surface area contributed by atoms with Gasteiger partial charge in [0.05, 0.1) is 0 Å². The second-order valence-corrected chi connectivity index (χ2v) is 7.21. The summed E-state index contributed by atoms with van der Waals surface area (Å²) < 4.78 is 0. The highest BCUT2D eigenvalue weighted by molar-refractivity contribution is 7.99. The molecule has 1 N–H and O–H groups in total. The second kappa shape index (κ2) is 4.67. The molecule has 0 amide bonds. The van der Waals surface area contributed by atoms with E-state index in [4.69, 9.17) is 0 Å². The summed E-state index contributed by atoms with van der Waals surface area (Å²) in [5, 5.41) is 4.79. The maximum atomic E-state index is 3.86. The van der Waals surface area contributed by atoms with Crippen molar-refractivity contribution in [2.24, 2.45) is 5.41 Å². The molecule has 15 heavy (non-hydrogen) atoms. The smallest absolute Gasteiger partial charge is 0.00951 e. The van der Waals surface area contributed by atoms with E-state index in [2.05, 4.69) is 37.8 Å². The molecule has 3 unspecified atom stereocenters. The third-order valence-corrected chi connectivity index (χ3v) is 5.59. The van der Waals surface area contributed by atoms with E-state index in [9.17, 15) is 0 Å². The predicted octanol–water partition coefficient (Wildman–Crippen LogP) is 3.44. The Morgan fingerprint density at radius 2 is 2.13 bits per heavy atom. The van der Waals surface area contributed by atoms with Gasteiger partial charge in [0.15, 0.2) is 0 Å². The lowest BCUT2D eigenvalue weighted by Crippen LogP contribution is -2.39. The van der Waals surface area contributed by atoms with Crippen molar-refractivity contribution < 1.29 is 0 Å². The average molecular weight is 227 g/mol. The summed E-state index contributed by atoms with van der Waals surface area (Å²) in [6.45, 7) is 7.09. The van der Waals surface area contributed by atoms with Gasteiger partial charge < -0.3 is 5.32 Å². The molecule has 0 bridgehead atoms. The van der Waals surface area contributed by atoms with Crippen LogP contribution in [0.5, 0.6) is 0 Å². The third kappa shape index (κ3) is 2.91. The lowest BCUT2D eigenvalue weighted by molar-refractivity contribution is 0.339. The first-order valence-corrected chi connectivity index (χ1v) is 7.56. The molecule has 1 nitrogen and oxygen atoms in total. The molecule has 0 radical (unpaired) electrons. The van der Waals surface area contributed by atoms with Crippen LogP contribution in [-0.4, -0.2) is 23.1 Å².